The van der Waals surface area contributed by atoms with Crippen LogP contribution in [0.3, 0.4) is 0 Å². The van der Waals surface area contributed by atoms with Gasteiger partial charge in [0.1, 0.15) is 5.56 Å². The first-order valence-electron chi connectivity index (χ1n) is 8.99. The van der Waals surface area contributed by atoms with Gasteiger partial charge in [-0.05, 0) is 48.5 Å². The van der Waals surface area contributed by atoms with E-state index in [1.54, 1.807) is 12.1 Å². The number of nitrogens with zero attached hydrogens (tertiary/aromatic N) is 2. The number of rotatable bonds is 6. The molecular weight excluding hydrogens is 370 g/mol. The Morgan fingerprint density at radius 3 is 2.21 bits per heavy atom. The third-order valence-electron chi connectivity index (χ3n) is 4.49. The monoisotopic (exact) mass is 389 g/mol. The third-order valence-corrected chi connectivity index (χ3v) is 4.49. The average molecular weight is 389 g/mol. The average Bonchev–Trinajstić information content (AvgIpc) is 3.08. The molecule has 7 heteroatoms. The third kappa shape index (κ3) is 3.75. The van der Waals surface area contributed by atoms with E-state index in [0.717, 1.165) is 17.1 Å². The van der Waals surface area contributed by atoms with Crippen LogP contribution in [0.1, 0.15) is 22.1 Å². The van der Waals surface area contributed by atoms with Gasteiger partial charge in [0.2, 0.25) is 6.23 Å². The number of nitrogens with one attached hydrogen (secondary N) is 1. The van der Waals surface area contributed by atoms with Crippen molar-refractivity contribution in [2.75, 3.05) is 19.5 Å². The summed E-state index contributed by atoms with van der Waals surface area (Å²) in [5.74, 6) is 0.398. The van der Waals surface area contributed by atoms with Gasteiger partial charge in [-0.25, -0.2) is 4.79 Å². The van der Waals surface area contributed by atoms with E-state index in [-0.39, 0.29) is 0 Å². The largest absolute Gasteiger partial charge is 0.493 e. The fourth-order valence-electron chi connectivity index (χ4n) is 3.09. The standard InChI is InChI=1S/C22H19N3O4/c1-27-18-13-12-17-19(20(18)28-2)22(26)29-21(17)23-14-8-10-16(11-9-14)25-24-15-6-4-3-5-7-15/h3-13,21,23H,1-2H3/t21-/m1/s1. The number of esters is 1. The number of methoxy groups -OCH3 is 2. The van der Waals surface area contributed by atoms with Crippen molar-refractivity contribution < 1.29 is 19.0 Å². The molecule has 0 aliphatic carbocycles. The van der Waals surface area contributed by atoms with Gasteiger partial charge in [0.25, 0.3) is 0 Å². The van der Waals surface area contributed by atoms with Crippen molar-refractivity contribution in [1.82, 2.24) is 0 Å². The number of carbonyl (C=O) groups excluding carboxylic acids is 1. The fraction of sp³-hybridized carbons (Fsp3) is 0.136. The molecule has 0 saturated heterocycles. The van der Waals surface area contributed by atoms with Gasteiger partial charge in [0.05, 0.1) is 25.6 Å². The summed E-state index contributed by atoms with van der Waals surface area (Å²) in [4.78, 5) is 12.4. The molecular formula is C22H19N3O4. The number of ether oxygens (including phenoxy) is 3. The minimum absolute atomic E-state index is 0.371. The van der Waals surface area contributed by atoms with Crippen LogP contribution in [0.2, 0.25) is 0 Å². The van der Waals surface area contributed by atoms with Crippen molar-refractivity contribution in [2.45, 2.75) is 6.23 Å². The van der Waals surface area contributed by atoms with Gasteiger partial charge in [0, 0.05) is 11.3 Å². The number of azo groups is 1. The highest BCUT2D eigenvalue weighted by Crippen LogP contribution is 2.42. The minimum Gasteiger partial charge on any atom is -0.493 e. The van der Waals surface area contributed by atoms with E-state index < -0.39 is 12.2 Å². The van der Waals surface area contributed by atoms with Crippen molar-refractivity contribution in [2.24, 2.45) is 10.2 Å². The maximum absolute atomic E-state index is 12.4. The maximum Gasteiger partial charge on any atom is 0.344 e. The van der Waals surface area contributed by atoms with Crippen molar-refractivity contribution in [1.29, 1.82) is 0 Å². The summed E-state index contributed by atoms with van der Waals surface area (Å²) in [7, 11) is 3.02. The van der Waals surface area contributed by atoms with E-state index in [0.29, 0.717) is 22.6 Å². The van der Waals surface area contributed by atoms with Crippen LogP contribution < -0.4 is 14.8 Å². The number of benzene rings is 3. The van der Waals surface area contributed by atoms with Crippen LogP contribution in [-0.2, 0) is 4.74 Å². The second-order valence-corrected chi connectivity index (χ2v) is 6.28. The Hall–Kier alpha value is -3.87. The molecule has 0 radical (unpaired) electrons. The Morgan fingerprint density at radius 1 is 0.862 bits per heavy atom. The molecule has 4 rings (SSSR count). The fourth-order valence-corrected chi connectivity index (χ4v) is 3.09. The molecule has 0 amide bonds. The van der Waals surface area contributed by atoms with Gasteiger partial charge in [-0.3, -0.25) is 0 Å². The van der Waals surface area contributed by atoms with Crippen molar-refractivity contribution >= 4 is 23.0 Å². The second-order valence-electron chi connectivity index (χ2n) is 6.28. The van der Waals surface area contributed by atoms with E-state index in [1.165, 1.54) is 14.2 Å². The zero-order chi connectivity index (χ0) is 20.2. The van der Waals surface area contributed by atoms with E-state index in [1.807, 2.05) is 54.6 Å². The Balaban J connectivity index is 1.51. The quantitative estimate of drug-likeness (QED) is 0.451. The highest BCUT2D eigenvalue weighted by Gasteiger charge is 2.35. The summed E-state index contributed by atoms with van der Waals surface area (Å²) in [6, 6.07) is 20.4. The molecule has 0 saturated carbocycles. The maximum atomic E-state index is 12.4. The summed E-state index contributed by atoms with van der Waals surface area (Å²) < 4.78 is 16.1. The van der Waals surface area contributed by atoms with Crippen molar-refractivity contribution in [3.8, 4) is 11.5 Å². The lowest BCUT2D eigenvalue weighted by molar-refractivity contribution is 0.0435. The Bertz CT molecular complexity index is 1050. The second kappa shape index (κ2) is 8.02. The summed E-state index contributed by atoms with van der Waals surface area (Å²) in [5, 5.41) is 11.6. The predicted octanol–water partition coefficient (Wildman–Crippen LogP) is 5.40. The van der Waals surface area contributed by atoms with Gasteiger partial charge in [-0.2, -0.15) is 10.2 Å². The molecule has 7 nitrogen and oxygen atoms in total. The first-order chi connectivity index (χ1) is 14.2. The first-order valence-corrected chi connectivity index (χ1v) is 8.99. The molecule has 1 N–H and O–H groups in total. The summed E-state index contributed by atoms with van der Waals surface area (Å²) in [5.41, 5.74) is 3.35. The van der Waals surface area contributed by atoms with E-state index in [4.69, 9.17) is 14.2 Å². The molecule has 146 valence electrons. The Labute approximate surface area is 167 Å². The van der Waals surface area contributed by atoms with Crippen molar-refractivity contribution in [3.05, 3.63) is 77.9 Å². The van der Waals surface area contributed by atoms with Crippen LogP contribution in [0.5, 0.6) is 11.5 Å². The molecule has 1 heterocycles. The summed E-state index contributed by atoms with van der Waals surface area (Å²) >= 11 is 0. The van der Waals surface area contributed by atoms with E-state index in [9.17, 15) is 4.79 Å². The molecule has 3 aromatic carbocycles. The number of cyclic esters (lactones) is 1. The van der Waals surface area contributed by atoms with Crippen LogP contribution in [0.15, 0.2) is 77.0 Å². The summed E-state index contributed by atoms with van der Waals surface area (Å²) in [6.45, 7) is 0. The lowest BCUT2D eigenvalue weighted by Gasteiger charge is -2.15. The normalized spacial score (nSPS) is 15.1. The van der Waals surface area contributed by atoms with E-state index >= 15 is 0 Å². The molecule has 0 bridgehead atoms. The van der Waals surface area contributed by atoms with Gasteiger partial charge < -0.3 is 19.5 Å². The Kier molecular flexibility index (Phi) is 5.11. The van der Waals surface area contributed by atoms with Gasteiger partial charge in [-0.15, -0.1) is 0 Å². The minimum atomic E-state index is -0.617. The van der Waals surface area contributed by atoms with Crippen LogP contribution in [-0.4, -0.2) is 20.2 Å². The van der Waals surface area contributed by atoms with Crippen molar-refractivity contribution in [3.63, 3.8) is 0 Å². The molecule has 1 aliphatic rings. The number of hydrogen-bond donors (Lipinski definition) is 1. The molecule has 1 atom stereocenters. The van der Waals surface area contributed by atoms with Gasteiger partial charge in [0.15, 0.2) is 11.5 Å². The van der Waals surface area contributed by atoms with Crippen LogP contribution >= 0.6 is 0 Å². The number of hydrogen-bond acceptors (Lipinski definition) is 7. The molecule has 0 unspecified atom stereocenters. The van der Waals surface area contributed by atoms with Crippen LogP contribution in [0.25, 0.3) is 0 Å². The molecule has 0 fully saturated rings. The van der Waals surface area contributed by atoms with E-state index in [2.05, 4.69) is 15.5 Å². The van der Waals surface area contributed by atoms with Gasteiger partial charge in [-0.1, -0.05) is 18.2 Å². The highest BCUT2D eigenvalue weighted by atomic mass is 16.6. The smallest absolute Gasteiger partial charge is 0.344 e. The lowest BCUT2D eigenvalue weighted by atomic mass is 10.1. The van der Waals surface area contributed by atoms with Crippen LogP contribution in [0.4, 0.5) is 17.1 Å². The molecule has 3 aromatic rings. The van der Waals surface area contributed by atoms with Gasteiger partial charge >= 0.3 is 5.97 Å². The molecule has 0 aromatic heterocycles. The molecule has 1 aliphatic heterocycles. The SMILES string of the molecule is COc1ccc2c(c1OC)C(=O)O[C@H]2Nc1ccc(N=Nc2ccccc2)cc1. The number of anilines is 1. The Morgan fingerprint density at radius 2 is 1.55 bits per heavy atom. The summed E-state index contributed by atoms with van der Waals surface area (Å²) in [6.07, 6.45) is -0.617. The molecule has 29 heavy (non-hydrogen) atoms. The topological polar surface area (TPSA) is 81.5 Å². The molecule has 0 spiro atoms. The zero-order valence-corrected chi connectivity index (χ0v) is 16.0. The number of carbonyl (C=O) groups is 1. The zero-order valence-electron chi connectivity index (χ0n) is 16.0. The first kappa shape index (κ1) is 18.5. The number of fused-ring (bicyclic) bond motifs is 1. The van der Waals surface area contributed by atoms with Crippen LogP contribution in [0, 0.1) is 0 Å². The highest BCUT2D eigenvalue weighted by molar-refractivity contribution is 5.98. The predicted molar refractivity (Wildman–Crippen MR) is 108 cm³/mol. The lowest BCUT2D eigenvalue weighted by Crippen LogP contribution is -2.10.